The molecule has 0 heterocycles. The van der Waals surface area contributed by atoms with Crippen LogP contribution in [-0.2, 0) is 22.5 Å². The van der Waals surface area contributed by atoms with Crippen LogP contribution in [-0.4, -0.2) is 17.7 Å². The molecule has 0 aliphatic heterocycles. The Balaban J connectivity index is 1.63. The molecule has 174 valence electrons. The van der Waals surface area contributed by atoms with Crippen molar-refractivity contribution >= 4 is 29.0 Å². The molecule has 5 nitrogen and oxygen atoms in total. The summed E-state index contributed by atoms with van der Waals surface area (Å²) < 4.78 is 5.59. The molecule has 1 spiro atoms. The molecule has 1 saturated carbocycles. The summed E-state index contributed by atoms with van der Waals surface area (Å²) in [4.78, 5) is 13.4. The van der Waals surface area contributed by atoms with Crippen LogP contribution in [0.15, 0.2) is 60.2 Å². The fourth-order valence-electron chi connectivity index (χ4n) is 5.20. The summed E-state index contributed by atoms with van der Waals surface area (Å²) in [7, 11) is 0. The topological polar surface area (TPSA) is 62.4 Å². The lowest BCUT2D eigenvalue weighted by Crippen LogP contribution is -2.46. The van der Waals surface area contributed by atoms with Gasteiger partial charge in [0.1, 0.15) is 0 Å². The number of carbonyl (C=O) groups excluding carboxylic acids is 1. The first-order valence-electron chi connectivity index (χ1n) is 12.0. The highest BCUT2D eigenvalue weighted by Gasteiger charge is 2.45. The molecular formula is C27H33N3O2S. The molecule has 0 saturated heterocycles. The second-order valence-corrected chi connectivity index (χ2v) is 9.33. The average molecular weight is 464 g/mol. The van der Waals surface area contributed by atoms with E-state index in [-0.39, 0.29) is 11.4 Å². The van der Waals surface area contributed by atoms with Gasteiger partial charge in [0.2, 0.25) is 0 Å². The number of hydrazine groups is 1. The van der Waals surface area contributed by atoms with E-state index in [4.69, 9.17) is 17.0 Å². The maximum atomic E-state index is 13.4. The summed E-state index contributed by atoms with van der Waals surface area (Å²) in [5.74, 6) is -0.221. The van der Waals surface area contributed by atoms with E-state index in [0.717, 1.165) is 54.5 Å². The Labute approximate surface area is 202 Å². The largest absolute Gasteiger partial charge is 0.463 e. The SMILES string of the molecule is CCOC(=O)C1=C(NNC(=S)NCc2ccccc2)c2ccccc2CC12CCCCCC2. The Hall–Kier alpha value is -2.86. The van der Waals surface area contributed by atoms with Crippen molar-refractivity contribution in [1.29, 1.82) is 0 Å². The maximum Gasteiger partial charge on any atom is 0.336 e. The Morgan fingerprint density at radius 1 is 1.00 bits per heavy atom. The van der Waals surface area contributed by atoms with E-state index in [1.807, 2.05) is 31.2 Å². The van der Waals surface area contributed by atoms with Gasteiger partial charge in [-0.05, 0) is 49.5 Å². The molecule has 0 atom stereocenters. The number of nitrogens with one attached hydrogen (secondary N) is 3. The summed E-state index contributed by atoms with van der Waals surface area (Å²) in [6, 6.07) is 18.5. The fraction of sp³-hybridized carbons (Fsp3) is 0.407. The molecular weight excluding hydrogens is 430 g/mol. The third kappa shape index (κ3) is 5.38. The minimum Gasteiger partial charge on any atom is -0.463 e. The first-order valence-corrected chi connectivity index (χ1v) is 12.4. The van der Waals surface area contributed by atoms with Gasteiger partial charge in [0.05, 0.1) is 17.9 Å². The van der Waals surface area contributed by atoms with Crippen molar-refractivity contribution in [3.63, 3.8) is 0 Å². The van der Waals surface area contributed by atoms with Gasteiger partial charge in [0, 0.05) is 17.5 Å². The van der Waals surface area contributed by atoms with Crippen LogP contribution in [0, 0.1) is 5.41 Å². The molecule has 2 aromatic carbocycles. The summed E-state index contributed by atoms with van der Waals surface area (Å²) in [6.07, 6.45) is 7.56. The van der Waals surface area contributed by atoms with Crippen LogP contribution < -0.4 is 16.2 Å². The van der Waals surface area contributed by atoms with E-state index in [9.17, 15) is 4.79 Å². The van der Waals surface area contributed by atoms with Crippen molar-refractivity contribution in [2.24, 2.45) is 5.41 Å². The molecule has 2 aromatic rings. The molecule has 0 amide bonds. The second kappa shape index (κ2) is 10.8. The summed E-state index contributed by atoms with van der Waals surface area (Å²) in [5.41, 5.74) is 11.3. The Morgan fingerprint density at radius 2 is 1.70 bits per heavy atom. The van der Waals surface area contributed by atoms with Gasteiger partial charge in [0.25, 0.3) is 0 Å². The summed E-state index contributed by atoms with van der Waals surface area (Å²) >= 11 is 5.52. The van der Waals surface area contributed by atoms with Gasteiger partial charge in [-0.3, -0.25) is 10.9 Å². The van der Waals surface area contributed by atoms with Crippen molar-refractivity contribution in [3.8, 4) is 0 Å². The Kier molecular flexibility index (Phi) is 7.65. The van der Waals surface area contributed by atoms with Crippen molar-refractivity contribution in [2.75, 3.05) is 6.61 Å². The van der Waals surface area contributed by atoms with Gasteiger partial charge in [-0.1, -0.05) is 80.3 Å². The van der Waals surface area contributed by atoms with E-state index in [2.05, 4.69) is 46.5 Å². The monoisotopic (exact) mass is 463 g/mol. The molecule has 3 N–H and O–H groups in total. The van der Waals surface area contributed by atoms with E-state index in [0.29, 0.717) is 18.3 Å². The molecule has 0 bridgehead atoms. The van der Waals surface area contributed by atoms with E-state index in [1.54, 1.807) is 0 Å². The predicted molar refractivity (Wildman–Crippen MR) is 136 cm³/mol. The Bertz CT molecular complexity index is 1010. The number of ether oxygens (including phenoxy) is 1. The lowest BCUT2D eigenvalue weighted by molar-refractivity contribution is -0.140. The number of rotatable bonds is 6. The molecule has 0 radical (unpaired) electrons. The highest BCUT2D eigenvalue weighted by atomic mass is 32.1. The first-order chi connectivity index (χ1) is 16.1. The van der Waals surface area contributed by atoms with Crippen molar-refractivity contribution in [3.05, 3.63) is 76.9 Å². The van der Waals surface area contributed by atoms with E-state index in [1.165, 1.54) is 18.4 Å². The van der Waals surface area contributed by atoms with Crippen LogP contribution in [0.5, 0.6) is 0 Å². The number of hydrogen-bond donors (Lipinski definition) is 3. The number of hydrogen-bond acceptors (Lipinski definition) is 4. The van der Waals surface area contributed by atoms with E-state index < -0.39 is 0 Å². The first kappa shape index (κ1) is 23.3. The molecule has 2 aliphatic rings. The minimum atomic E-state index is -0.221. The van der Waals surface area contributed by atoms with E-state index >= 15 is 0 Å². The molecule has 33 heavy (non-hydrogen) atoms. The van der Waals surface area contributed by atoms with Crippen LogP contribution in [0.2, 0.25) is 0 Å². The third-order valence-electron chi connectivity index (χ3n) is 6.73. The van der Waals surface area contributed by atoms with Gasteiger partial charge in [-0.25, -0.2) is 4.79 Å². The predicted octanol–water partition coefficient (Wildman–Crippen LogP) is 5.03. The average Bonchev–Trinajstić information content (AvgIpc) is 3.07. The zero-order valence-electron chi connectivity index (χ0n) is 19.3. The molecule has 4 rings (SSSR count). The van der Waals surface area contributed by atoms with Gasteiger partial charge in [-0.15, -0.1) is 0 Å². The molecule has 0 aromatic heterocycles. The number of esters is 1. The van der Waals surface area contributed by atoms with Crippen LogP contribution in [0.4, 0.5) is 0 Å². The van der Waals surface area contributed by atoms with Crippen LogP contribution in [0.3, 0.4) is 0 Å². The maximum absolute atomic E-state index is 13.4. The number of carbonyl (C=O) groups is 1. The Morgan fingerprint density at radius 3 is 2.42 bits per heavy atom. The second-order valence-electron chi connectivity index (χ2n) is 8.92. The zero-order valence-corrected chi connectivity index (χ0v) is 20.1. The van der Waals surface area contributed by atoms with Gasteiger partial charge < -0.3 is 10.1 Å². The molecule has 6 heteroatoms. The van der Waals surface area contributed by atoms with Crippen molar-refractivity contribution < 1.29 is 9.53 Å². The highest BCUT2D eigenvalue weighted by molar-refractivity contribution is 7.80. The van der Waals surface area contributed by atoms with Crippen LogP contribution >= 0.6 is 12.2 Å². The van der Waals surface area contributed by atoms with Crippen LogP contribution in [0.25, 0.3) is 5.70 Å². The smallest absolute Gasteiger partial charge is 0.336 e. The zero-order chi connectivity index (χ0) is 23.1. The number of fused-ring (bicyclic) bond motifs is 1. The van der Waals surface area contributed by atoms with Gasteiger partial charge in [-0.2, -0.15) is 0 Å². The van der Waals surface area contributed by atoms with Crippen molar-refractivity contribution in [1.82, 2.24) is 16.2 Å². The van der Waals surface area contributed by atoms with Gasteiger partial charge >= 0.3 is 5.97 Å². The quantitative estimate of drug-likeness (QED) is 0.317. The highest BCUT2D eigenvalue weighted by Crippen LogP contribution is 2.50. The lowest BCUT2D eigenvalue weighted by atomic mass is 9.65. The minimum absolute atomic E-state index is 0.208. The summed E-state index contributed by atoms with van der Waals surface area (Å²) in [5, 5.41) is 3.71. The lowest BCUT2D eigenvalue weighted by Gasteiger charge is -2.40. The standard InChI is InChI=1S/C27H33N3O2S/c1-2-32-25(31)23-24(29-30-26(33)28-19-20-12-6-5-7-13-20)22-15-9-8-14-21(22)18-27(23)16-10-3-4-11-17-27/h5-9,12-15,29H,2-4,10-11,16-19H2,1H3,(H2,28,30,33). The summed E-state index contributed by atoms with van der Waals surface area (Å²) in [6.45, 7) is 2.85. The number of benzene rings is 2. The third-order valence-corrected chi connectivity index (χ3v) is 6.98. The molecule has 2 aliphatic carbocycles. The van der Waals surface area contributed by atoms with Crippen molar-refractivity contribution in [2.45, 2.75) is 58.4 Å². The molecule has 1 fully saturated rings. The fourth-order valence-corrected chi connectivity index (χ4v) is 5.32. The normalized spacial score (nSPS) is 17.0. The van der Waals surface area contributed by atoms with Crippen LogP contribution in [0.1, 0.15) is 62.1 Å². The number of thiocarbonyl (C=S) groups is 1. The van der Waals surface area contributed by atoms with Gasteiger partial charge in [0.15, 0.2) is 5.11 Å². The molecule has 0 unspecified atom stereocenters.